The van der Waals surface area contributed by atoms with Crippen LogP contribution in [0, 0.1) is 3.57 Å². The quantitative estimate of drug-likeness (QED) is 0.357. The van der Waals surface area contributed by atoms with Crippen molar-refractivity contribution in [2.24, 2.45) is 0 Å². The summed E-state index contributed by atoms with van der Waals surface area (Å²) in [6.07, 6.45) is 0.142. The molecule has 0 spiro atoms. The summed E-state index contributed by atoms with van der Waals surface area (Å²) >= 11 is 2.14. The van der Waals surface area contributed by atoms with Crippen LogP contribution in [0.2, 0.25) is 0 Å². The molecule has 4 rings (SSSR count). The Hall–Kier alpha value is -2.42. The van der Waals surface area contributed by atoms with Gasteiger partial charge in [0.25, 0.3) is 5.91 Å². The van der Waals surface area contributed by atoms with Gasteiger partial charge in [0.1, 0.15) is 11.0 Å². The fraction of sp³-hybridized carbons (Fsp3) is 0.211. The number of halogens is 1. The summed E-state index contributed by atoms with van der Waals surface area (Å²) in [4.78, 5) is 30.0. The van der Waals surface area contributed by atoms with Gasteiger partial charge in [0.15, 0.2) is 6.04 Å². The van der Waals surface area contributed by atoms with E-state index in [1.807, 2.05) is 49.4 Å². The van der Waals surface area contributed by atoms with Gasteiger partial charge in [0.05, 0.1) is 18.7 Å². The van der Waals surface area contributed by atoms with Gasteiger partial charge in [-0.25, -0.2) is 14.5 Å². The van der Waals surface area contributed by atoms with E-state index in [9.17, 15) is 9.59 Å². The predicted octanol–water partition coefficient (Wildman–Crippen LogP) is 2.82. The van der Waals surface area contributed by atoms with Gasteiger partial charge in [-0.3, -0.25) is 14.9 Å². The molecule has 132 valence electrons. The van der Waals surface area contributed by atoms with Crippen molar-refractivity contribution in [1.82, 2.24) is 4.98 Å². The molecule has 2 amide bonds. The lowest BCUT2D eigenvalue weighted by atomic mass is 10.2. The highest BCUT2D eigenvalue weighted by atomic mass is 127. The molecule has 6 nitrogen and oxygen atoms in total. The number of hydrogen-bond donors (Lipinski definition) is 2. The van der Waals surface area contributed by atoms with Crippen LogP contribution < -0.4 is 14.8 Å². The maximum absolute atomic E-state index is 12.9. The maximum atomic E-state index is 12.9. The van der Waals surface area contributed by atoms with Crippen LogP contribution in [0.5, 0.6) is 0 Å². The summed E-state index contributed by atoms with van der Waals surface area (Å²) in [6.45, 7) is 2.80. The van der Waals surface area contributed by atoms with E-state index in [0.29, 0.717) is 5.69 Å². The first-order valence-corrected chi connectivity index (χ1v) is 9.56. The van der Waals surface area contributed by atoms with Crippen molar-refractivity contribution in [3.05, 3.63) is 52.1 Å². The molecular formula is C19H18IN4O2+. The van der Waals surface area contributed by atoms with E-state index in [0.717, 1.165) is 27.1 Å². The molecule has 2 aromatic carbocycles. The van der Waals surface area contributed by atoms with Gasteiger partial charge in [0.2, 0.25) is 5.91 Å². The molecule has 7 heteroatoms. The van der Waals surface area contributed by atoms with E-state index >= 15 is 0 Å². The molecule has 3 aromatic rings. The van der Waals surface area contributed by atoms with Crippen LogP contribution in [0.15, 0.2) is 48.5 Å². The van der Waals surface area contributed by atoms with Crippen molar-refractivity contribution in [2.75, 3.05) is 10.2 Å². The average Bonchev–Trinajstić information content (AvgIpc) is 3.12. The Morgan fingerprint density at radius 2 is 1.92 bits per heavy atom. The van der Waals surface area contributed by atoms with Crippen LogP contribution in [-0.2, 0) is 16.1 Å². The number of nitrogens with one attached hydrogen (secondary N) is 2. The number of nitrogens with zero attached hydrogens (tertiary/aromatic N) is 2. The Bertz CT molecular complexity index is 1010. The third-order valence-corrected chi connectivity index (χ3v) is 5.50. The minimum Gasteiger partial charge on any atom is -0.274 e. The molecule has 1 unspecified atom stereocenters. The molecule has 1 aromatic heterocycles. The number of carbonyl (C=O) groups is 2. The first-order chi connectivity index (χ1) is 12.6. The van der Waals surface area contributed by atoms with Crippen LogP contribution >= 0.6 is 22.6 Å². The standard InChI is InChI=1S/C19H17IN4O2/c1-2-23-16-10-6-4-8-13(16)21-19(23)22-14-11-17(25)24(18(14)26)15-9-5-3-7-12(15)20/h3-10,14H,2,11H2,1H3,(H,21,22)/p+1. The molecule has 2 heterocycles. The van der Waals surface area contributed by atoms with Gasteiger partial charge < -0.3 is 0 Å². The summed E-state index contributed by atoms with van der Waals surface area (Å²) in [5.74, 6) is 0.334. The maximum Gasteiger partial charge on any atom is 0.356 e. The first kappa shape index (κ1) is 17.0. The van der Waals surface area contributed by atoms with Crippen molar-refractivity contribution in [3.8, 4) is 0 Å². The van der Waals surface area contributed by atoms with Crippen LogP contribution in [0.3, 0.4) is 0 Å². The van der Waals surface area contributed by atoms with E-state index < -0.39 is 6.04 Å². The van der Waals surface area contributed by atoms with E-state index in [1.165, 1.54) is 4.90 Å². The molecule has 1 atom stereocenters. The minimum absolute atomic E-state index is 0.142. The SMILES string of the molecule is CC[n+]1c(NC2CC(=O)N(c3ccccc3I)C2=O)[nH]c2ccccc21. The first-order valence-electron chi connectivity index (χ1n) is 8.48. The number of benzene rings is 2. The van der Waals surface area contributed by atoms with Gasteiger partial charge in [-0.1, -0.05) is 24.3 Å². The molecule has 0 aliphatic carbocycles. The van der Waals surface area contributed by atoms with Gasteiger partial charge in [-0.05, 0) is 53.8 Å². The number of carbonyl (C=O) groups excluding carboxylic acids is 2. The number of aromatic nitrogens is 2. The smallest absolute Gasteiger partial charge is 0.274 e. The third-order valence-electron chi connectivity index (χ3n) is 4.58. The van der Waals surface area contributed by atoms with E-state index in [1.54, 1.807) is 6.07 Å². The number of imide groups is 1. The number of amides is 2. The summed E-state index contributed by atoms with van der Waals surface area (Å²) < 4.78 is 2.95. The molecule has 1 fully saturated rings. The summed E-state index contributed by atoms with van der Waals surface area (Å²) in [7, 11) is 0. The van der Waals surface area contributed by atoms with Crippen LogP contribution in [0.4, 0.5) is 11.6 Å². The topological polar surface area (TPSA) is 69.1 Å². The molecular weight excluding hydrogens is 443 g/mol. The lowest BCUT2D eigenvalue weighted by Crippen LogP contribution is -2.40. The van der Waals surface area contributed by atoms with E-state index in [4.69, 9.17) is 0 Å². The molecule has 2 N–H and O–H groups in total. The highest BCUT2D eigenvalue weighted by molar-refractivity contribution is 14.1. The van der Waals surface area contributed by atoms with Gasteiger partial charge in [-0.15, -0.1) is 0 Å². The average molecular weight is 461 g/mol. The third kappa shape index (κ3) is 2.76. The number of hydrogen-bond acceptors (Lipinski definition) is 3. The summed E-state index contributed by atoms with van der Waals surface area (Å²) in [6, 6.07) is 14.8. The molecule has 0 bridgehead atoms. The normalized spacial score (nSPS) is 17.3. The zero-order valence-electron chi connectivity index (χ0n) is 14.2. The number of rotatable bonds is 4. The fourth-order valence-corrected chi connectivity index (χ4v) is 4.00. The van der Waals surface area contributed by atoms with E-state index in [2.05, 4.69) is 37.5 Å². The molecule has 1 aliphatic heterocycles. The van der Waals surface area contributed by atoms with Gasteiger partial charge >= 0.3 is 5.95 Å². The van der Waals surface area contributed by atoms with Crippen LogP contribution in [0.1, 0.15) is 13.3 Å². The lowest BCUT2D eigenvalue weighted by molar-refractivity contribution is -0.653. The van der Waals surface area contributed by atoms with E-state index in [-0.39, 0.29) is 18.2 Å². The van der Waals surface area contributed by atoms with Crippen molar-refractivity contribution < 1.29 is 14.2 Å². The molecule has 1 aliphatic rings. The number of H-pyrrole nitrogens is 1. The molecule has 0 saturated carbocycles. The minimum atomic E-state index is -0.579. The van der Waals surface area contributed by atoms with Crippen molar-refractivity contribution >= 4 is 57.1 Å². The number of para-hydroxylation sites is 3. The number of fused-ring (bicyclic) bond motifs is 1. The summed E-state index contributed by atoms with van der Waals surface area (Å²) in [5.41, 5.74) is 2.69. The van der Waals surface area contributed by atoms with Crippen molar-refractivity contribution in [1.29, 1.82) is 0 Å². The van der Waals surface area contributed by atoms with Gasteiger partial charge in [-0.2, -0.15) is 0 Å². The number of aryl methyl sites for hydroxylation is 1. The Balaban J connectivity index is 1.65. The monoisotopic (exact) mass is 461 g/mol. The molecule has 0 radical (unpaired) electrons. The van der Waals surface area contributed by atoms with Gasteiger partial charge in [0, 0.05) is 3.57 Å². The van der Waals surface area contributed by atoms with Crippen LogP contribution in [0.25, 0.3) is 11.0 Å². The number of anilines is 2. The van der Waals surface area contributed by atoms with Crippen LogP contribution in [-0.4, -0.2) is 22.8 Å². The second-order valence-electron chi connectivity index (χ2n) is 6.15. The lowest BCUT2D eigenvalue weighted by Gasteiger charge is -2.16. The molecule has 1 saturated heterocycles. The van der Waals surface area contributed by atoms with Crippen molar-refractivity contribution in [3.63, 3.8) is 0 Å². The Kier molecular flexibility index (Phi) is 4.39. The zero-order valence-corrected chi connectivity index (χ0v) is 16.4. The largest absolute Gasteiger partial charge is 0.356 e. The zero-order chi connectivity index (χ0) is 18.3. The number of imidazole rings is 1. The predicted molar refractivity (Wildman–Crippen MR) is 108 cm³/mol. The number of aromatic amines is 1. The highest BCUT2D eigenvalue weighted by Crippen LogP contribution is 2.28. The summed E-state index contributed by atoms with van der Waals surface area (Å²) in [5, 5.41) is 3.24. The molecule has 26 heavy (non-hydrogen) atoms. The van der Waals surface area contributed by atoms with Crippen molar-refractivity contribution in [2.45, 2.75) is 25.9 Å². The second kappa shape index (κ2) is 6.71. The highest BCUT2D eigenvalue weighted by Gasteiger charge is 2.43. The Morgan fingerprint density at radius 3 is 2.69 bits per heavy atom. The second-order valence-corrected chi connectivity index (χ2v) is 7.32. The Labute approximate surface area is 164 Å². The Morgan fingerprint density at radius 1 is 1.19 bits per heavy atom. The fourth-order valence-electron chi connectivity index (χ4n) is 3.37.